The van der Waals surface area contributed by atoms with E-state index in [1.807, 2.05) is 26.0 Å². The SMILES string of the molecule is Cc1n[nH]c(C)c1CCC(=O)Nc1cc(N2CCN(c3ccccc3)CC2)ncn1. The van der Waals surface area contributed by atoms with Crippen LogP contribution in [0.2, 0.25) is 0 Å². The first-order valence-corrected chi connectivity index (χ1v) is 10.3. The van der Waals surface area contributed by atoms with Crippen LogP contribution in [0.25, 0.3) is 0 Å². The minimum absolute atomic E-state index is 0.0615. The van der Waals surface area contributed by atoms with E-state index >= 15 is 0 Å². The molecule has 8 heteroatoms. The molecule has 156 valence electrons. The summed E-state index contributed by atoms with van der Waals surface area (Å²) < 4.78 is 0. The Bertz CT molecular complexity index is 974. The molecule has 1 amide bonds. The van der Waals surface area contributed by atoms with Crippen molar-refractivity contribution in [3.05, 3.63) is 59.7 Å². The highest BCUT2D eigenvalue weighted by atomic mass is 16.1. The molecule has 0 unspecified atom stereocenters. The highest BCUT2D eigenvalue weighted by Gasteiger charge is 2.19. The van der Waals surface area contributed by atoms with E-state index in [0.717, 1.165) is 48.9 Å². The third-order valence-corrected chi connectivity index (χ3v) is 5.53. The number of nitrogens with zero attached hydrogens (tertiary/aromatic N) is 5. The lowest BCUT2D eigenvalue weighted by atomic mass is 10.1. The van der Waals surface area contributed by atoms with Crippen LogP contribution in [-0.4, -0.2) is 52.3 Å². The fraction of sp³-hybridized carbons (Fsp3) is 0.364. The van der Waals surface area contributed by atoms with Crippen molar-refractivity contribution in [2.24, 2.45) is 0 Å². The Morgan fingerprint density at radius 3 is 2.50 bits per heavy atom. The molecule has 0 bridgehead atoms. The van der Waals surface area contributed by atoms with Crippen molar-refractivity contribution in [2.75, 3.05) is 41.3 Å². The van der Waals surface area contributed by atoms with Gasteiger partial charge in [0.15, 0.2) is 0 Å². The van der Waals surface area contributed by atoms with Crippen molar-refractivity contribution in [1.29, 1.82) is 0 Å². The van der Waals surface area contributed by atoms with Crippen LogP contribution < -0.4 is 15.1 Å². The fourth-order valence-corrected chi connectivity index (χ4v) is 3.81. The molecule has 2 aromatic heterocycles. The van der Waals surface area contributed by atoms with Gasteiger partial charge in [0, 0.05) is 50.0 Å². The summed E-state index contributed by atoms with van der Waals surface area (Å²) in [7, 11) is 0. The van der Waals surface area contributed by atoms with E-state index in [4.69, 9.17) is 0 Å². The van der Waals surface area contributed by atoms with Gasteiger partial charge in [-0.05, 0) is 38.0 Å². The van der Waals surface area contributed by atoms with Gasteiger partial charge in [0.1, 0.15) is 18.0 Å². The van der Waals surface area contributed by atoms with Crippen molar-refractivity contribution in [1.82, 2.24) is 20.2 Å². The molecule has 2 N–H and O–H groups in total. The second-order valence-electron chi connectivity index (χ2n) is 7.53. The van der Waals surface area contributed by atoms with Gasteiger partial charge < -0.3 is 15.1 Å². The number of para-hydroxylation sites is 1. The molecule has 0 spiro atoms. The second kappa shape index (κ2) is 8.94. The van der Waals surface area contributed by atoms with E-state index in [0.29, 0.717) is 18.7 Å². The number of aromatic nitrogens is 4. The van der Waals surface area contributed by atoms with Crippen molar-refractivity contribution in [3.8, 4) is 0 Å². The van der Waals surface area contributed by atoms with Crippen LogP contribution in [0.4, 0.5) is 17.3 Å². The first kappa shape index (κ1) is 19.9. The molecule has 0 aliphatic carbocycles. The quantitative estimate of drug-likeness (QED) is 0.655. The van der Waals surface area contributed by atoms with E-state index in [-0.39, 0.29) is 5.91 Å². The number of aryl methyl sites for hydroxylation is 2. The van der Waals surface area contributed by atoms with Crippen LogP contribution >= 0.6 is 0 Å². The number of aromatic amines is 1. The lowest BCUT2D eigenvalue weighted by Gasteiger charge is -2.36. The summed E-state index contributed by atoms with van der Waals surface area (Å²) in [6.45, 7) is 7.53. The molecule has 0 atom stereocenters. The largest absolute Gasteiger partial charge is 0.368 e. The molecule has 3 aromatic rings. The number of hydrogen-bond acceptors (Lipinski definition) is 6. The zero-order chi connectivity index (χ0) is 20.9. The predicted octanol–water partition coefficient (Wildman–Crippen LogP) is 2.71. The van der Waals surface area contributed by atoms with E-state index < -0.39 is 0 Å². The average Bonchev–Trinajstić information content (AvgIpc) is 3.10. The lowest BCUT2D eigenvalue weighted by Crippen LogP contribution is -2.46. The molecule has 8 nitrogen and oxygen atoms in total. The van der Waals surface area contributed by atoms with Gasteiger partial charge in [0.05, 0.1) is 5.69 Å². The lowest BCUT2D eigenvalue weighted by molar-refractivity contribution is -0.116. The number of nitrogens with one attached hydrogen (secondary N) is 2. The maximum atomic E-state index is 12.4. The standard InChI is InChI=1S/C22H27N7O/c1-16-19(17(2)27-26-16)8-9-22(30)25-20-14-21(24-15-23-20)29-12-10-28(11-13-29)18-6-4-3-5-7-18/h3-7,14-15H,8-13H2,1-2H3,(H,26,27)(H,23,24,25,30). The van der Waals surface area contributed by atoms with Gasteiger partial charge in [-0.3, -0.25) is 9.89 Å². The zero-order valence-electron chi connectivity index (χ0n) is 17.4. The highest BCUT2D eigenvalue weighted by molar-refractivity contribution is 5.90. The van der Waals surface area contributed by atoms with Crippen LogP contribution in [0.15, 0.2) is 42.7 Å². The monoisotopic (exact) mass is 405 g/mol. The maximum Gasteiger partial charge on any atom is 0.225 e. The number of benzene rings is 1. The third kappa shape index (κ3) is 4.59. The topological polar surface area (TPSA) is 90.0 Å². The van der Waals surface area contributed by atoms with E-state index in [2.05, 4.69) is 59.5 Å². The normalized spacial score (nSPS) is 14.1. The number of rotatable bonds is 6. The van der Waals surface area contributed by atoms with Gasteiger partial charge in [-0.25, -0.2) is 9.97 Å². The second-order valence-corrected chi connectivity index (χ2v) is 7.53. The first-order valence-electron chi connectivity index (χ1n) is 10.3. The molecule has 3 heterocycles. The summed E-state index contributed by atoms with van der Waals surface area (Å²) in [5.74, 6) is 1.32. The van der Waals surface area contributed by atoms with E-state index in [1.54, 1.807) is 0 Å². The van der Waals surface area contributed by atoms with Crippen LogP contribution in [-0.2, 0) is 11.2 Å². The number of carbonyl (C=O) groups excluding carboxylic acids is 1. The molecule has 1 aliphatic rings. The fourth-order valence-electron chi connectivity index (χ4n) is 3.81. The van der Waals surface area contributed by atoms with Crippen LogP contribution in [0.3, 0.4) is 0 Å². The number of carbonyl (C=O) groups is 1. The van der Waals surface area contributed by atoms with Gasteiger partial charge in [0.25, 0.3) is 0 Å². The number of H-pyrrole nitrogens is 1. The van der Waals surface area contributed by atoms with Gasteiger partial charge in [-0.2, -0.15) is 5.10 Å². The maximum absolute atomic E-state index is 12.4. The zero-order valence-corrected chi connectivity index (χ0v) is 17.4. The Kier molecular flexibility index (Phi) is 5.92. The van der Waals surface area contributed by atoms with E-state index in [9.17, 15) is 4.79 Å². The molecular weight excluding hydrogens is 378 g/mol. The number of hydrogen-bond donors (Lipinski definition) is 2. The minimum Gasteiger partial charge on any atom is -0.368 e. The van der Waals surface area contributed by atoms with Crippen LogP contribution in [0.1, 0.15) is 23.4 Å². The summed E-state index contributed by atoms with van der Waals surface area (Å²) in [6, 6.07) is 12.3. The summed E-state index contributed by atoms with van der Waals surface area (Å²) >= 11 is 0. The predicted molar refractivity (Wildman–Crippen MR) is 118 cm³/mol. The summed E-state index contributed by atoms with van der Waals surface area (Å²) in [5.41, 5.74) is 4.30. The molecule has 0 radical (unpaired) electrons. The van der Waals surface area contributed by atoms with Crippen molar-refractivity contribution < 1.29 is 4.79 Å². The number of amides is 1. The Labute approximate surface area is 176 Å². The van der Waals surface area contributed by atoms with Gasteiger partial charge in [-0.15, -0.1) is 0 Å². The first-order chi connectivity index (χ1) is 14.6. The number of piperazine rings is 1. The van der Waals surface area contributed by atoms with Gasteiger partial charge in [0.2, 0.25) is 5.91 Å². The summed E-state index contributed by atoms with van der Waals surface area (Å²) in [4.78, 5) is 25.6. The molecule has 1 aliphatic heterocycles. The van der Waals surface area contributed by atoms with Crippen molar-refractivity contribution in [3.63, 3.8) is 0 Å². The third-order valence-electron chi connectivity index (χ3n) is 5.53. The van der Waals surface area contributed by atoms with Crippen molar-refractivity contribution >= 4 is 23.2 Å². The van der Waals surface area contributed by atoms with Crippen molar-refractivity contribution in [2.45, 2.75) is 26.7 Å². The Morgan fingerprint density at radius 1 is 1.07 bits per heavy atom. The Morgan fingerprint density at radius 2 is 1.80 bits per heavy atom. The highest BCUT2D eigenvalue weighted by Crippen LogP contribution is 2.20. The van der Waals surface area contributed by atoms with Crippen LogP contribution in [0.5, 0.6) is 0 Å². The average molecular weight is 406 g/mol. The summed E-state index contributed by atoms with van der Waals surface area (Å²) in [6.07, 6.45) is 2.55. The molecule has 30 heavy (non-hydrogen) atoms. The molecule has 4 rings (SSSR count). The van der Waals surface area contributed by atoms with Crippen LogP contribution in [0, 0.1) is 13.8 Å². The Hall–Kier alpha value is -3.42. The van der Waals surface area contributed by atoms with E-state index in [1.165, 1.54) is 12.0 Å². The molecule has 1 fully saturated rings. The molecular formula is C22H27N7O. The Balaban J connectivity index is 1.32. The number of anilines is 3. The molecule has 1 saturated heterocycles. The molecule has 1 aromatic carbocycles. The molecule has 0 saturated carbocycles. The minimum atomic E-state index is -0.0615. The van der Waals surface area contributed by atoms with Gasteiger partial charge >= 0.3 is 0 Å². The summed E-state index contributed by atoms with van der Waals surface area (Å²) in [5, 5.41) is 10.0. The smallest absolute Gasteiger partial charge is 0.225 e. The van der Waals surface area contributed by atoms with Gasteiger partial charge in [-0.1, -0.05) is 18.2 Å².